The Kier molecular flexibility index (Phi) is 3.66. The third-order valence-corrected chi connectivity index (χ3v) is 4.14. The van der Waals surface area contributed by atoms with E-state index in [0.717, 1.165) is 6.42 Å². The number of amides is 1. The number of fused-ring (bicyclic) bond motifs is 1. The van der Waals surface area contributed by atoms with Gasteiger partial charge in [0.1, 0.15) is 0 Å². The van der Waals surface area contributed by atoms with Gasteiger partial charge in [0.15, 0.2) is 0 Å². The number of pyridine rings is 1. The van der Waals surface area contributed by atoms with Gasteiger partial charge in [0, 0.05) is 23.0 Å². The number of rotatable bonds is 3. The minimum absolute atomic E-state index is 0.274. The maximum atomic E-state index is 12.5. The van der Waals surface area contributed by atoms with E-state index < -0.39 is 17.8 Å². The van der Waals surface area contributed by atoms with E-state index in [2.05, 4.69) is 10.3 Å². The number of hydrogen-bond acceptors (Lipinski definition) is 3. The fourth-order valence-electron chi connectivity index (χ4n) is 3.07. The smallest absolute Gasteiger partial charge is 0.308 e. The predicted octanol–water partition coefficient (Wildman–Crippen LogP) is 1.51. The SMILES string of the molecule is O=C(N[C@H]1CCC[C@@H]1C(=O)O)c1cc(=O)[nH]c2ccccc12. The molecule has 1 aromatic carbocycles. The van der Waals surface area contributed by atoms with Crippen LogP contribution in [0.1, 0.15) is 29.6 Å². The highest BCUT2D eigenvalue weighted by Gasteiger charge is 2.34. The Hall–Kier alpha value is -2.63. The molecule has 0 unspecified atom stereocenters. The van der Waals surface area contributed by atoms with Gasteiger partial charge in [0.05, 0.1) is 11.5 Å². The molecule has 1 aliphatic rings. The van der Waals surface area contributed by atoms with Crippen molar-refractivity contribution in [2.75, 3.05) is 0 Å². The summed E-state index contributed by atoms with van der Waals surface area (Å²) in [5.74, 6) is -1.85. The second kappa shape index (κ2) is 5.63. The van der Waals surface area contributed by atoms with Gasteiger partial charge >= 0.3 is 5.97 Å². The van der Waals surface area contributed by atoms with Gasteiger partial charge in [-0.1, -0.05) is 24.6 Å². The molecule has 2 aromatic rings. The summed E-state index contributed by atoms with van der Waals surface area (Å²) in [6.45, 7) is 0. The molecular formula is C16H16N2O4. The Morgan fingerprint density at radius 3 is 2.77 bits per heavy atom. The van der Waals surface area contributed by atoms with E-state index in [4.69, 9.17) is 0 Å². The summed E-state index contributed by atoms with van der Waals surface area (Å²) >= 11 is 0. The molecule has 0 saturated heterocycles. The number of aliphatic carboxylic acids is 1. The molecule has 22 heavy (non-hydrogen) atoms. The van der Waals surface area contributed by atoms with E-state index >= 15 is 0 Å². The molecular weight excluding hydrogens is 284 g/mol. The zero-order valence-electron chi connectivity index (χ0n) is 11.8. The molecule has 0 radical (unpaired) electrons. The lowest BCUT2D eigenvalue weighted by Crippen LogP contribution is -2.40. The lowest BCUT2D eigenvalue weighted by Gasteiger charge is -2.18. The van der Waals surface area contributed by atoms with E-state index in [-0.39, 0.29) is 17.2 Å². The monoisotopic (exact) mass is 300 g/mol. The number of aromatic amines is 1. The average Bonchev–Trinajstić information content (AvgIpc) is 2.94. The number of benzene rings is 1. The van der Waals surface area contributed by atoms with E-state index in [1.165, 1.54) is 6.07 Å². The number of hydrogen-bond donors (Lipinski definition) is 3. The van der Waals surface area contributed by atoms with Gasteiger partial charge in [-0.05, 0) is 18.9 Å². The molecule has 1 aliphatic carbocycles. The second-order valence-electron chi connectivity index (χ2n) is 5.55. The van der Waals surface area contributed by atoms with E-state index in [1.807, 2.05) is 0 Å². The average molecular weight is 300 g/mol. The number of carboxylic acids is 1. The highest BCUT2D eigenvalue weighted by molar-refractivity contribution is 6.06. The Labute approximate surface area is 126 Å². The van der Waals surface area contributed by atoms with Crippen molar-refractivity contribution in [3.05, 3.63) is 46.2 Å². The quantitative estimate of drug-likeness (QED) is 0.800. The Morgan fingerprint density at radius 2 is 2.00 bits per heavy atom. The summed E-state index contributed by atoms with van der Waals surface area (Å²) in [6, 6.07) is 7.91. The van der Waals surface area contributed by atoms with Crippen molar-refractivity contribution < 1.29 is 14.7 Å². The molecule has 6 heteroatoms. The number of para-hydroxylation sites is 1. The molecule has 0 bridgehead atoms. The molecule has 1 aromatic heterocycles. The first-order valence-electron chi connectivity index (χ1n) is 7.22. The van der Waals surface area contributed by atoms with Crippen molar-refractivity contribution in [1.29, 1.82) is 0 Å². The summed E-state index contributed by atoms with van der Waals surface area (Å²) < 4.78 is 0. The van der Waals surface area contributed by atoms with Gasteiger partial charge in [0.2, 0.25) is 5.56 Å². The van der Waals surface area contributed by atoms with Gasteiger partial charge in [-0.3, -0.25) is 14.4 Å². The molecule has 1 heterocycles. The topological polar surface area (TPSA) is 99.3 Å². The van der Waals surface area contributed by atoms with E-state index in [0.29, 0.717) is 23.7 Å². The van der Waals surface area contributed by atoms with Crippen LogP contribution in [0.25, 0.3) is 10.9 Å². The van der Waals surface area contributed by atoms with Gasteiger partial charge < -0.3 is 15.4 Å². The van der Waals surface area contributed by atoms with Crippen LogP contribution in [0.5, 0.6) is 0 Å². The standard InChI is InChI=1S/C16H16N2O4/c19-14-8-11(9-4-1-2-6-12(9)17-14)15(20)18-13-7-3-5-10(13)16(21)22/h1-2,4,6,8,10,13H,3,5,7H2,(H,17,19)(H,18,20)(H,21,22)/t10-,13-/m0/s1. The van der Waals surface area contributed by atoms with E-state index in [1.54, 1.807) is 24.3 Å². The molecule has 1 amide bonds. The van der Waals surface area contributed by atoms with Crippen LogP contribution in [0, 0.1) is 5.92 Å². The summed E-state index contributed by atoms with van der Waals surface area (Å²) in [5, 5.41) is 12.6. The van der Waals surface area contributed by atoms with Crippen molar-refractivity contribution in [1.82, 2.24) is 10.3 Å². The van der Waals surface area contributed by atoms with Crippen molar-refractivity contribution in [3.63, 3.8) is 0 Å². The number of aromatic nitrogens is 1. The summed E-state index contributed by atoms with van der Waals surface area (Å²) in [5.41, 5.74) is 0.502. The molecule has 114 valence electrons. The van der Waals surface area contributed by atoms with Crippen LogP contribution in [0.15, 0.2) is 35.1 Å². The van der Waals surface area contributed by atoms with Crippen molar-refractivity contribution in [2.45, 2.75) is 25.3 Å². The predicted molar refractivity (Wildman–Crippen MR) is 80.8 cm³/mol. The lowest BCUT2D eigenvalue weighted by atomic mass is 10.0. The third-order valence-electron chi connectivity index (χ3n) is 4.14. The van der Waals surface area contributed by atoms with Crippen molar-refractivity contribution >= 4 is 22.8 Å². The Balaban J connectivity index is 1.93. The molecule has 6 nitrogen and oxygen atoms in total. The van der Waals surface area contributed by atoms with Gasteiger partial charge in [0.25, 0.3) is 5.91 Å². The summed E-state index contributed by atoms with van der Waals surface area (Å²) in [6.07, 6.45) is 1.98. The Morgan fingerprint density at radius 1 is 1.23 bits per heavy atom. The van der Waals surface area contributed by atoms with Gasteiger partial charge in [-0.15, -0.1) is 0 Å². The first-order chi connectivity index (χ1) is 10.6. The van der Waals surface area contributed by atoms with Crippen LogP contribution in [0.3, 0.4) is 0 Å². The number of nitrogens with one attached hydrogen (secondary N) is 2. The maximum absolute atomic E-state index is 12.5. The molecule has 0 spiro atoms. The molecule has 3 N–H and O–H groups in total. The fourth-order valence-corrected chi connectivity index (χ4v) is 3.07. The van der Waals surface area contributed by atoms with Crippen LogP contribution >= 0.6 is 0 Å². The minimum Gasteiger partial charge on any atom is -0.481 e. The summed E-state index contributed by atoms with van der Waals surface area (Å²) in [4.78, 5) is 38.0. The van der Waals surface area contributed by atoms with Crippen LogP contribution in [-0.4, -0.2) is 28.0 Å². The lowest BCUT2D eigenvalue weighted by molar-refractivity contribution is -0.142. The van der Waals surface area contributed by atoms with Crippen LogP contribution in [0.2, 0.25) is 0 Å². The summed E-state index contributed by atoms with van der Waals surface area (Å²) in [7, 11) is 0. The molecule has 1 saturated carbocycles. The molecule has 0 aliphatic heterocycles. The van der Waals surface area contributed by atoms with Gasteiger partial charge in [-0.2, -0.15) is 0 Å². The highest BCUT2D eigenvalue weighted by atomic mass is 16.4. The normalized spacial score (nSPS) is 20.9. The van der Waals surface area contributed by atoms with Crippen molar-refractivity contribution in [2.24, 2.45) is 5.92 Å². The first-order valence-corrected chi connectivity index (χ1v) is 7.22. The molecule has 1 fully saturated rings. The zero-order valence-corrected chi connectivity index (χ0v) is 11.8. The van der Waals surface area contributed by atoms with Crippen LogP contribution < -0.4 is 10.9 Å². The largest absolute Gasteiger partial charge is 0.481 e. The fraction of sp³-hybridized carbons (Fsp3) is 0.312. The first kappa shape index (κ1) is 14.3. The number of carboxylic acid groups (broad SMARTS) is 1. The van der Waals surface area contributed by atoms with Crippen LogP contribution in [0.4, 0.5) is 0 Å². The van der Waals surface area contributed by atoms with E-state index in [9.17, 15) is 19.5 Å². The maximum Gasteiger partial charge on any atom is 0.308 e. The van der Waals surface area contributed by atoms with Crippen molar-refractivity contribution in [3.8, 4) is 0 Å². The highest BCUT2D eigenvalue weighted by Crippen LogP contribution is 2.26. The van der Waals surface area contributed by atoms with Crippen LogP contribution in [-0.2, 0) is 4.79 Å². The number of carbonyl (C=O) groups excluding carboxylic acids is 1. The second-order valence-corrected chi connectivity index (χ2v) is 5.55. The number of H-pyrrole nitrogens is 1. The van der Waals surface area contributed by atoms with Gasteiger partial charge in [-0.25, -0.2) is 0 Å². The Bertz CT molecular complexity index is 796. The third kappa shape index (κ3) is 2.59. The minimum atomic E-state index is -0.890. The molecule has 3 rings (SSSR count). The molecule has 2 atom stereocenters. The zero-order chi connectivity index (χ0) is 15.7. The number of carbonyl (C=O) groups is 2.